The zero-order valence-electron chi connectivity index (χ0n) is 6.82. The van der Waals surface area contributed by atoms with E-state index in [0.29, 0.717) is 6.10 Å². The SMILES string of the molecule is c1n[nH]cc1OC1CCSCC1. The van der Waals surface area contributed by atoms with E-state index in [1.165, 1.54) is 11.5 Å². The van der Waals surface area contributed by atoms with Crippen LogP contribution in [0.2, 0.25) is 0 Å². The molecule has 66 valence electrons. The van der Waals surface area contributed by atoms with Crippen molar-refractivity contribution in [1.29, 1.82) is 0 Å². The third-order valence-corrected chi connectivity index (χ3v) is 2.99. The molecule has 1 fully saturated rings. The van der Waals surface area contributed by atoms with Crippen LogP contribution < -0.4 is 4.74 Å². The molecule has 0 bridgehead atoms. The molecular weight excluding hydrogens is 172 g/mol. The first-order valence-electron chi connectivity index (χ1n) is 4.18. The molecule has 0 atom stereocenters. The Morgan fingerprint density at radius 3 is 3.00 bits per heavy atom. The number of nitrogens with zero attached hydrogens (tertiary/aromatic N) is 1. The summed E-state index contributed by atoms with van der Waals surface area (Å²) in [4.78, 5) is 0. The van der Waals surface area contributed by atoms with Crippen molar-refractivity contribution in [3.05, 3.63) is 12.4 Å². The van der Waals surface area contributed by atoms with Crippen molar-refractivity contribution >= 4 is 11.8 Å². The normalized spacial score (nSPS) is 19.3. The number of H-pyrrole nitrogens is 1. The number of hydrogen-bond donors (Lipinski definition) is 1. The third kappa shape index (κ3) is 1.94. The molecule has 0 spiro atoms. The van der Waals surface area contributed by atoms with E-state index >= 15 is 0 Å². The van der Waals surface area contributed by atoms with Crippen molar-refractivity contribution in [2.24, 2.45) is 0 Å². The number of ether oxygens (including phenoxy) is 1. The fourth-order valence-electron chi connectivity index (χ4n) is 1.29. The molecule has 1 N–H and O–H groups in total. The summed E-state index contributed by atoms with van der Waals surface area (Å²) in [6.45, 7) is 0. The van der Waals surface area contributed by atoms with E-state index in [-0.39, 0.29) is 0 Å². The van der Waals surface area contributed by atoms with Gasteiger partial charge in [0, 0.05) is 0 Å². The lowest BCUT2D eigenvalue weighted by Gasteiger charge is -2.21. The van der Waals surface area contributed by atoms with Crippen LogP contribution in [-0.2, 0) is 0 Å². The number of nitrogens with one attached hydrogen (secondary N) is 1. The van der Waals surface area contributed by atoms with Crippen LogP contribution in [0.3, 0.4) is 0 Å². The summed E-state index contributed by atoms with van der Waals surface area (Å²) in [5.41, 5.74) is 0. The van der Waals surface area contributed by atoms with Crippen LogP contribution in [0.15, 0.2) is 12.4 Å². The first-order valence-corrected chi connectivity index (χ1v) is 5.34. The number of rotatable bonds is 2. The Kier molecular flexibility index (Phi) is 2.56. The Hall–Kier alpha value is -0.640. The summed E-state index contributed by atoms with van der Waals surface area (Å²) < 4.78 is 5.69. The van der Waals surface area contributed by atoms with E-state index in [0.717, 1.165) is 18.6 Å². The quantitative estimate of drug-likeness (QED) is 0.760. The van der Waals surface area contributed by atoms with Crippen molar-refractivity contribution in [3.63, 3.8) is 0 Å². The minimum absolute atomic E-state index is 0.406. The van der Waals surface area contributed by atoms with Gasteiger partial charge in [0.1, 0.15) is 6.10 Å². The van der Waals surface area contributed by atoms with E-state index in [4.69, 9.17) is 4.74 Å². The highest BCUT2D eigenvalue weighted by Crippen LogP contribution is 2.21. The fraction of sp³-hybridized carbons (Fsp3) is 0.625. The van der Waals surface area contributed by atoms with Crippen molar-refractivity contribution < 1.29 is 4.74 Å². The molecule has 2 heterocycles. The van der Waals surface area contributed by atoms with Gasteiger partial charge in [-0.3, -0.25) is 5.10 Å². The zero-order chi connectivity index (χ0) is 8.23. The van der Waals surface area contributed by atoms with Gasteiger partial charge in [-0.1, -0.05) is 0 Å². The summed E-state index contributed by atoms with van der Waals surface area (Å²) in [6, 6.07) is 0. The van der Waals surface area contributed by atoms with E-state index in [9.17, 15) is 0 Å². The minimum atomic E-state index is 0.406. The summed E-state index contributed by atoms with van der Waals surface area (Å²) in [7, 11) is 0. The molecule has 1 aromatic heterocycles. The highest BCUT2D eigenvalue weighted by Gasteiger charge is 2.14. The molecule has 1 aromatic rings. The molecule has 0 amide bonds. The lowest BCUT2D eigenvalue weighted by Crippen LogP contribution is -2.21. The standard InChI is InChI=1S/C8H12N2OS/c1-3-12-4-2-7(1)11-8-5-9-10-6-8/h5-7H,1-4H2,(H,9,10). The maximum absolute atomic E-state index is 5.69. The summed E-state index contributed by atoms with van der Waals surface area (Å²) >= 11 is 2.01. The summed E-state index contributed by atoms with van der Waals surface area (Å²) in [6.07, 6.45) is 6.25. The Morgan fingerprint density at radius 2 is 2.33 bits per heavy atom. The molecule has 3 nitrogen and oxygen atoms in total. The monoisotopic (exact) mass is 184 g/mol. The van der Waals surface area contributed by atoms with Gasteiger partial charge in [0.25, 0.3) is 0 Å². The molecule has 12 heavy (non-hydrogen) atoms. The van der Waals surface area contributed by atoms with Crippen molar-refractivity contribution in [2.75, 3.05) is 11.5 Å². The van der Waals surface area contributed by atoms with Gasteiger partial charge in [-0.2, -0.15) is 16.9 Å². The van der Waals surface area contributed by atoms with Gasteiger partial charge in [0.15, 0.2) is 5.75 Å². The van der Waals surface area contributed by atoms with Gasteiger partial charge in [-0.25, -0.2) is 0 Å². The van der Waals surface area contributed by atoms with Crippen LogP contribution in [0.25, 0.3) is 0 Å². The molecular formula is C8H12N2OS. The second kappa shape index (κ2) is 3.85. The van der Waals surface area contributed by atoms with Gasteiger partial charge in [-0.05, 0) is 24.3 Å². The molecule has 1 saturated heterocycles. The van der Waals surface area contributed by atoms with Crippen molar-refractivity contribution in [2.45, 2.75) is 18.9 Å². The molecule has 0 saturated carbocycles. The van der Waals surface area contributed by atoms with Crippen molar-refractivity contribution in [3.8, 4) is 5.75 Å². The Balaban J connectivity index is 1.86. The molecule has 2 rings (SSSR count). The van der Waals surface area contributed by atoms with Gasteiger partial charge < -0.3 is 4.74 Å². The molecule has 1 aliphatic rings. The Morgan fingerprint density at radius 1 is 1.50 bits per heavy atom. The lowest BCUT2D eigenvalue weighted by atomic mass is 10.2. The number of thioether (sulfide) groups is 1. The predicted octanol–water partition coefficient (Wildman–Crippen LogP) is 1.68. The van der Waals surface area contributed by atoms with Crippen LogP contribution in [-0.4, -0.2) is 27.8 Å². The summed E-state index contributed by atoms with van der Waals surface area (Å²) in [5.74, 6) is 3.32. The first-order chi connectivity index (χ1) is 5.95. The van der Waals surface area contributed by atoms with Crippen LogP contribution in [0.4, 0.5) is 0 Å². The smallest absolute Gasteiger partial charge is 0.157 e. The topological polar surface area (TPSA) is 37.9 Å². The summed E-state index contributed by atoms with van der Waals surface area (Å²) in [5, 5.41) is 6.57. The molecule has 0 unspecified atom stereocenters. The van der Waals surface area contributed by atoms with E-state index in [1.807, 2.05) is 11.8 Å². The second-order valence-corrected chi connectivity index (χ2v) is 4.09. The molecule has 1 aliphatic heterocycles. The van der Waals surface area contributed by atoms with Crippen LogP contribution >= 0.6 is 11.8 Å². The Bertz CT molecular complexity index is 219. The average molecular weight is 184 g/mol. The van der Waals surface area contributed by atoms with Crippen molar-refractivity contribution in [1.82, 2.24) is 10.2 Å². The minimum Gasteiger partial charge on any atom is -0.487 e. The van der Waals surface area contributed by atoms with Gasteiger partial charge >= 0.3 is 0 Å². The number of aromatic nitrogens is 2. The van der Waals surface area contributed by atoms with E-state index in [2.05, 4.69) is 10.2 Å². The largest absolute Gasteiger partial charge is 0.487 e. The molecule has 0 aliphatic carbocycles. The van der Waals surface area contributed by atoms with Gasteiger partial charge in [-0.15, -0.1) is 0 Å². The molecule has 4 heteroatoms. The van der Waals surface area contributed by atoms with E-state index < -0.39 is 0 Å². The number of aromatic amines is 1. The third-order valence-electron chi connectivity index (χ3n) is 1.94. The first kappa shape index (κ1) is 7.98. The second-order valence-electron chi connectivity index (χ2n) is 2.86. The fourth-order valence-corrected chi connectivity index (χ4v) is 2.35. The van der Waals surface area contributed by atoms with Gasteiger partial charge in [0.2, 0.25) is 0 Å². The average Bonchev–Trinajstić information content (AvgIpc) is 2.59. The van der Waals surface area contributed by atoms with Crippen LogP contribution in [0, 0.1) is 0 Å². The molecule has 0 aromatic carbocycles. The highest BCUT2D eigenvalue weighted by molar-refractivity contribution is 7.99. The maximum atomic E-state index is 5.69. The predicted molar refractivity (Wildman–Crippen MR) is 49.6 cm³/mol. The lowest BCUT2D eigenvalue weighted by molar-refractivity contribution is 0.192. The zero-order valence-corrected chi connectivity index (χ0v) is 7.64. The number of hydrogen-bond acceptors (Lipinski definition) is 3. The van der Waals surface area contributed by atoms with Gasteiger partial charge in [0.05, 0.1) is 12.4 Å². The Labute approximate surface area is 75.9 Å². The highest BCUT2D eigenvalue weighted by atomic mass is 32.2. The maximum Gasteiger partial charge on any atom is 0.157 e. The molecule has 0 radical (unpaired) electrons. The van der Waals surface area contributed by atoms with Crippen LogP contribution in [0.5, 0.6) is 5.75 Å². The van der Waals surface area contributed by atoms with E-state index in [1.54, 1.807) is 12.4 Å². The van der Waals surface area contributed by atoms with Crippen LogP contribution in [0.1, 0.15) is 12.8 Å².